The molecule has 18 aromatic rings. The van der Waals surface area contributed by atoms with Crippen LogP contribution >= 0.6 is 0 Å². The molecule has 0 unspecified atom stereocenters. The summed E-state index contributed by atoms with van der Waals surface area (Å²) in [6.07, 6.45) is 3.38. The van der Waals surface area contributed by atoms with Gasteiger partial charge in [-0.15, -0.1) is 4.98 Å². The van der Waals surface area contributed by atoms with Crippen molar-refractivity contribution in [2.45, 2.75) is 13.8 Å². The van der Waals surface area contributed by atoms with E-state index in [1.54, 1.807) is 60.9 Å². The summed E-state index contributed by atoms with van der Waals surface area (Å²) in [5, 5.41) is 86.5. The average Bonchev–Trinajstić information content (AvgIpc) is 0.823. The monoisotopic (exact) mass is 1440 g/mol. The van der Waals surface area contributed by atoms with Gasteiger partial charge >= 0.3 is 0 Å². The van der Waals surface area contributed by atoms with Gasteiger partial charge in [-0.1, -0.05) is 182 Å². The minimum Gasteiger partial charge on any atom is -0.506 e. The molecule has 18 rings (SSSR count). The first-order chi connectivity index (χ1) is 46.8. The largest absolute Gasteiger partial charge is 0.506 e. The molecule has 466 valence electrons. The second kappa shape index (κ2) is 31.0. The fraction of sp³-hybridized carbons (Fsp3) is 0.0244. The van der Waals surface area contributed by atoms with Crippen LogP contribution < -0.4 is 0 Å². The van der Waals surface area contributed by atoms with Gasteiger partial charge in [-0.3, -0.25) is 9.97 Å². The van der Waals surface area contributed by atoms with E-state index in [2.05, 4.69) is 34.7 Å². The van der Waals surface area contributed by atoms with E-state index >= 15 is 0 Å². The minimum absolute atomic E-state index is 0. The molecule has 0 amide bonds. The number of aryl methyl sites for hydroxylation is 2. The molecule has 17 heteroatoms. The maximum Gasteiger partial charge on any atom is 0.270 e. The molecule has 0 radical (unpaired) electrons. The van der Waals surface area contributed by atoms with Gasteiger partial charge in [0.25, 0.3) is 5.82 Å². The van der Waals surface area contributed by atoms with Gasteiger partial charge in [0.15, 0.2) is 5.75 Å². The molecule has 6 heterocycles. The maximum atomic E-state index is 9.93. The van der Waals surface area contributed by atoms with Gasteiger partial charge in [0, 0.05) is 115 Å². The molecule has 0 aliphatic heterocycles. The van der Waals surface area contributed by atoms with E-state index in [-0.39, 0.29) is 92.9 Å². The number of rotatable bonds is 0. The summed E-state index contributed by atoms with van der Waals surface area (Å²) in [6, 6.07) is 82.6. The zero-order chi connectivity index (χ0) is 66.4. The molecule has 12 aromatic carbocycles. The Hall–Kier alpha value is -11.7. The first kappa shape index (κ1) is 70.1. The van der Waals surface area contributed by atoms with Crippen LogP contribution in [0, 0.1) is 31.8 Å². The van der Waals surface area contributed by atoms with E-state index in [1.165, 1.54) is 0 Å². The summed E-state index contributed by atoms with van der Waals surface area (Å²) in [5.41, 5.74) is 5.78. The Morgan fingerprint density at radius 2 is 0.545 bits per heavy atom. The number of phenols is 6. The van der Waals surface area contributed by atoms with Crippen LogP contribution in [0.5, 0.6) is 34.5 Å². The van der Waals surface area contributed by atoms with Crippen LogP contribution in [0.15, 0.2) is 267 Å². The SMILES string of the molecule is Cc1ccc2c(n1)c(O)cc1ccccc12.Cc1ccc2c(n1)c(O)cc1ccccc12.N#Cc1ccc2c(n1)c(O)cc1ccccc12.Oc1cc2ccccc2c2cccnc12.Oc1cc2ccccc2c2cccnc12.[C-]#[N+]c1ccc2c(n1)c(O)cc1ccccc12.[Zn].[Zn].[Zn]. The van der Waals surface area contributed by atoms with Crippen molar-refractivity contribution in [2.24, 2.45) is 0 Å². The van der Waals surface area contributed by atoms with E-state index in [1.807, 2.05) is 226 Å². The number of aromatic hydroxyl groups is 6. The van der Waals surface area contributed by atoms with Crippen LogP contribution in [0.1, 0.15) is 17.1 Å². The maximum absolute atomic E-state index is 9.93. The summed E-state index contributed by atoms with van der Waals surface area (Å²) in [7, 11) is 0. The number of nitrogens with zero attached hydrogens (tertiary/aromatic N) is 8. The molecule has 6 N–H and O–H groups in total. The summed E-state index contributed by atoms with van der Waals surface area (Å²) < 4.78 is 0. The molecule has 0 fully saturated rings. The number of nitriles is 1. The Kier molecular flexibility index (Phi) is 22.0. The Morgan fingerprint density at radius 1 is 0.293 bits per heavy atom. The third-order valence-electron chi connectivity index (χ3n) is 16.4. The van der Waals surface area contributed by atoms with Gasteiger partial charge in [-0.2, -0.15) is 5.26 Å². The fourth-order valence-corrected chi connectivity index (χ4v) is 12.0. The van der Waals surface area contributed by atoms with Gasteiger partial charge in [0.05, 0.1) is 0 Å². The summed E-state index contributed by atoms with van der Waals surface area (Å²) in [4.78, 5) is 28.7. The normalized spacial score (nSPS) is 10.5. The number of benzene rings is 12. The Bertz CT molecular complexity index is 5800. The predicted molar refractivity (Wildman–Crippen MR) is 386 cm³/mol. The number of aromatic nitrogens is 6. The molecule has 0 saturated heterocycles. The number of phenolic OH excluding ortho intramolecular Hbond substituents is 6. The molecule has 0 aliphatic carbocycles. The van der Waals surface area contributed by atoms with Crippen molar-refractivity contribution in [1.82, 2.24) is 29.9 Å². The van der Waals surface area contributed by atoms with Crippen molar-refractivity contribution in [1.29, 1.82) is 5.26 Å². The van der Waals surface area contributed by atoms with Crippen molar-refractivity contribution >= 4 is 136 Å². The Morgan fingerprint density at radius 3 is 0.859 bits per heavy atom. The Labute approximate surface area is 605 Å². The van der Waals surface area contributed by atoms with Crippen LogP contribution in [0.2, 0.25) is 0 Å². The predicted octanol–water partition coefficient (Wildman–Crippen LogP) is 19.6. The van der Waals surface area contributed by atoms with E-state index in [9.17, 15) is 30.6 Å². The standard InChI is InChI=1S/2C14H8N2O.2C14H11NO.2C13H9NO.3Zn/c1-15-13-7-6-11-10-5-3-2-4-9(10)8-12(17)14(11)16-13;15-8-10-5-6-12-11-4-2-1-3-9(11)7-13(17)14(12)16-10;2*1-9-6-7-12-11-5-3-2-4-10(11)8-13(16)14(12)15-9;2*15-12-8-9-4-1-2-5-10(9)11-6-3-7-14-13(11)12;;;/h2-8,17H;1-7,17H;2*2-8,16H,1H3;2*1-8,15H;;;. The molecule has 6 aromatic heterocycles. The van der Waals surface area contributed by atoms with Gasteiger partial charge in [0.2, 0.25) is 5.52 Å². The van der Waals surface area contributed by atoms with E-state index < -0.39 is 0 Å². The van der Waals surface area contributed by atoms with Crippen LogP contribution in [0.25, 0.3) is 135 Å². The zero-order valence-corrected chi connectivity index (χ0v) is 62.7. The minimum atomic E-state index is 0. The average molecular weight is 1450 g/mol. The molecule has 14 nitrogen and oxygen atoms in total. The van der Waals surface area contributed by atoms with Crippen LogP contribution in [0.4, 0.5) is 5.82 Å². The molecular weight excluding hydrogens is 1390 g/mol. The summed E-state index contributed by atoms with van der Waals surface area (Å²) in [5.74, 6) is 1.49. The van der Waals surface area contributed by atoms with Crippen molar-refractivity contribution in [3.63, 3.8) is 0 Å². The topological polar surface area (TPSA) is 227 Å². The quantitative estimate of drug-likeness (QED) is 0.0472. The van der Waals surface area contributed by atoms with Gasteiger partial charge in [0.1, 0.15) is 68.1 Å². The molecule has 0 saturated carbocycles. The molecule has 0 bridgehead atoms. The van der Waals surface area contributed by atoms with E-state index in [4.69, 9.17) is 11.8 Å². The number of pyridine rings is 6. The van der Waals surface area contributed by atoms with E-state index in [0.717, 1.165) is 108 Å². The first-order valence-electron chi connectivity index (χ1n) is 30.5. The number of hydrogen-bond donors (Lipinski definition) is 6. The molecule has 99 heavy (non-hydrogen) atoms. The molecule has 0 atom stereocenters. The molecule has 0 spiro atoms. The van der Waals surface area contributed by atoms with Gasteiger partial charge in [-0.25, -0.2) is 15.0 Å². The van der Waals surface area contributed by atoms with Crippen molar-refractivity contribution in [3.8, 4) is 40.6 Å². The fourth-order valence-electron chi connectivity index (χ4n) is 12.0. The van der Waals surface area contributed by atoms with Gasteiger partial charge < -0.3 is 35.5 Å². The van der Waals surface area contributed by atoms with E-state index in [0.29, 0.717) is 44.6 Å². The second-order valence-corrected chi connectivity index (χ2v) is 22.6. The van der Waals surface area contributed by atoms with Crippen molar-refractivity contribution < 1.29 is 89.1 Å². The smallest absolute Gasteiger partial charge is 0.270 e. The zero-order valence-electron chi connectivity index (χ0n) is 53.8. The summed E-state index contributed by atoms with van der Waals surface area (Å²) >= 11 is 0. The van der Waals surface area contributed by atoms with Crippen LogP contribution in [-0.2, 0) is 58.4 Å². The van der Waals surface area contributed by atoms with Crippen LogP contribution in [-0.4, -0.2) is 60.5 Å². The third kappa shape index (κ3) is 14.7. The molecular formula is C82H56N8O6Zn3. The van der Waals surface area contributed by atoms with Crippen molar-refractivity contribution in [2.75, 3.05) is 0 Å². The number of fused-ring (bicyclic) bond motifs is 18. The van der Waals surface area contributed by atoms with Crippen LogP contribution in [0.3, 0.4) is 0 Å². The second-order valence-electron chi connectivity index (χ2n) is 22.6. The number of hydrogen-bond acceptors (Lipinski definition) is 13. The summed E-state index contributed by atoms with van der Waals surface area (Å²) in [6.45, 7) is 10.8. The third-order valence-corrected chi connectivity index (χ3v) is 16.4. The van der Waals surface area contributed by atoms with Crippen molar-refractivity contribution in [3.05, 3.63) is 296 Å². The first-order valence-corrected chi connectivity index (χ1v) is 30.5. The Balaban J connectivity index is 0.000000128. The molecule has 0 aliphatic rings. The van der Waals surface area contributed by atoms with Gasteiger partial charge in [-0.05, 0) is 157 Å².